The minimum absolute atomic E-state index is 0.130. The van der Waals surface area contributed by atoms with Crippen LogP contribution in [-0.2, 0) is 11.3 Å². The molecule has 0 heterocycles. The molecule has 0 saturated heterocycles. The van der Waals surface area contributed by atoms with Gasteiger partial charge >= 0.3 is 6.09 Å². The van der Waals surface area contributed by atoms with Crippen molar-refractivity contribution >= 4 is 6.09 Å². The van der Waals surface area contributed by atoms with E-state index in [-0.39, 0.29) is 11.9 Å². The van der Waals surface area contributed by atoms with Crippen molar-refractivity contribution in [1.82, 2.24) is 10.6 Å². The van der Waals surface area contributed by atoms with Gasteiger partial charge in [-0.25, -0.2) is 9.18 Å². The van der Waals surface area contributed by atoms with Gasteiger partial charge in [0, 0.05) is 19.1 Å². The molecule has 0 bridgehead atoms. The Hall–Kier alpha value is -1.62. The molecular formula is C18H29FN2O2. The number of benzene rings is 1. The van der Waals surface area contributed by atoms with Gasteiger partial charge in [0.15, 0.2) is 0 Å². The van der Waals surface area contributed by atoms with Crippen LogP contribution in [0.15, 0.2) is 24.3 Å². The predicted molar refractivity (Wildman–Crippen MR) is 90.8 cm³/mol. The van der Waals surface area contributed by atoms with E-state index in [1.54, 1.807) is 6.07 Å². The maximum absolute atomic E-state index is 13.2. The quantitative estimate of drug-likeness (QED) is 0.760. The molecule has 2 N–H and O–H groups in total. The Balaban J connectivity index is 2.47. The highest BCUT2D eigenvalue weighted by atomic mass is 19.1. The summed E-state index contributed by atoms with van der Waals surface area (Å²) in [5, 5.41) is 6.18. The molecule has 0 aliphatic heterocycles. The van der Waals surface area contributed by atoms with E-state index in [0.29, 0.717) is 13.1 Å². The summed E-state index contributed by atoms with van der Waals surface area (Å²) in [6.45, 7) is 8.70. The van der Waals surface area contributed by atoms with Gasteiger partial charge in [-0.15, -0.1) is 0 Å². The summed E-state index contributed by atoms with van der Waals surface area (Å²) in [7, 11) is 0. The summed E-state index contributed by atoms with van der Waals surface area (Å²) >= 11 is 0. The molecule has 130 valence electrons. The zero-order valence-electron chi connectivity index (χ0n) is 14.6. The monoisotopic (exact) mass is 324 g/mol. The number of hydrogen-bond acceptors (Lipinski definition) is 3. The van der Waals surface area contributed by atoms with Crippen LogP contribution in [0.1, 0.15) is 52.5 Å². The predicted octanol–water partition coefficient (Wildman–Crippen LogP) is 4.00. The van der Waals surface area contributed by atoms with Gasteiger partial charge in [0.2, 0.25) is 0 Å². The van der Waals surface area contributed by atoms with Crippen LogP contribution in [-0.4, -0.2) is 24.3 Å². The number of unbranched alkanes of at least 4 members (excludes halogenated alkanes) is 1. The van der Waals surface area contributed by atoms with E-state index in [0.717, 1.165) is 24.8 Å². The second kappa shape index (κ2) is 9.50. The molecule has 1 aromatic carbocycles. The van der Waals surface area contributed by atoms with Crippen molar-refractivity contribution in [2.45, 2.75) is 65.1 Å². The van der Waals surface area contributed by atoms with Gasteiger partial charge in [-0.2, -0.15) is 0 Å². The van der Waals surface area contributed by atoms with E-state index in [1.165, 1.54) is 12.1 Å². The lowest BCUT2D eigenvalue weighted by atomic mass is 10.1. The highest BCUT2D eigenvalue weighted by Crippen LogP contribution is 2.08. The third-order valence-electron chi connectivity index (χ3n) is 3.28. The molecule has 1 amide bonds. The lowest BCUT2D eigenvalue weighted by Crippen LogP contribution is -2.42. The molecule has 0 aromatic heterocycles. The Morgan fingerprint density at radius 2 is 2.09 bits per heavy atom. The Morgan fingerprint density at radius 1 is 1.35 bits per heavy atom. The summed E-state index contributed by atoms with van der Waals surface area (Å²) in [6, 6.07) is 6.67. The topological polar surface area (TPSA) is 50.4 Å². The second-order valence-corrected chi connectivity index (χ2v) is 6.73. The Bertz CT molecular complexity index is 486. The Kier molecular flexibility index (Phi) is 8.03. The number of ether oxygens (including phenoxy) is 1. The average molecular weight is 324 g/mol. The van der Waals surface area contributed by atoms with Crippen LogP contribution in [0, 0.1) is 5.82 Å². The number of carbonyl (C=O) groups excluding carboxylic acids is 1. The molecule has 0 aliphatic rings. The van der Waals surface area contributed by atoms with Crippen molar-refractivity contribution in [3.8, 4) is 0 Å². The van der Waals surface area contributed by atoms with Crippen molar-refractivity contribution in [3.05, 3.63) is 35.6 Å². The molecular weight excluding hydrogens is 295 g/mol. The van der Waals surface area contributed by atoms with Crippen molar-refractivity contribution in [2.75, 3.05) is 6.54 Å². The number of rotatable bonds is 8. The Labute approximate surface area is 138 Å². The van der Waals surface area contributed by atoms with Crippen LogP contribution in [0.2, 0.25) is 0 Å². The van der Waals surface area contributed by atoms with Crippen LogP contribution in [0.25, 0.3) is 0 Å². The minimum Gasteiger partial charge on any atom is -0.444 e. The van der Waals surface area contributed by atoms with E-state index < -0.39 is 11.7 Å². The third-order valence-corrected chi connectivity index (χ3v) is 3.28. The number of carbonyl (C=O) groups is 1. The molecule has 0 radical (unpaired) electrons. The summed E-state index contributed by atoms with van der Waals surface area (Å²) in [5.41, 5.74) is 0.390. The van der Waals surface area contributed by atoms with E-state index in [2.05, 4.69) is 17.6 Å². The van der Waals surface area contributed by atoms with E-state index >= 15 is 0 Å². The standard InChI is InChI=1S/C18H29FN2O2/c1-5-6-10-16(13-21-17(22)23-18(2,3)4)20-12-14-8-7-9-15(19)11-14/h7-9,11,16,20H,5-6,10,12-13H2,1-4H3,(H,21,22). The fourth-order valence-corrected chi connectivity index (χ4v) is 2.16. The molecule has 1 unspecified atom stereocenters. The van der Waals surface area contributed by atoms with Crippen molar-refractivity contribution in [3.63, 3.8) is 0 Å². The van der Waals surface area contributed by atoms with Crippen LogP contribution in [0.5, 0.6) is 0 Å². The van der Waals surface area contributed by atoms with Crippen molar-refractivity contribution < 1.29 is 13.9 Å². The molecule has 0 saturated carbocycles. The fourth-order valence-electron chi connectivity index (χ4n) is 2.16. The molecule has 4 nitrogen and oxygen atoms in total. The second-order valence-electron chi connectivity index (χ2n) is 6.73. The molecule has 1 rings (SSSR count). The van der Waals surface area contributed by atoms with Gasteiger partial charge in [0.1, 0.15) is 11.4 Å². The molecule has 0 spiro atoms. The van der Waals surface area contributed by atoms with Gasteiger partial charge in [-0.05, 0) is 44.9 Å². The summed E-state index contributed by atoms with van der Waals surface area (Å²) in [4.78, 5) is 11.7. The van der Waals surface area contributed by atoms with Gasteiger partial charge in [0.25, 0.3) is 0 Å². The van der Waals surface area contributed by atoms with Crippen LogP contribution in [0.3, 0.4) is 0 Å². The zero-order valence-corrected chi connectivity index (χ0v) is 14.6. The van der Waals surface area contributed by atoms with Crippen molar-refractivity contribution in [1.29, 1.82) is 0 Å². The number of nitrogens with one attached hydrogen (secondary N) is 2. The van der Waals surface area contributed by atoms with Gasteiger partial charge in [-0.1, -0.05) is 31.9 Å². The lowest BCUT2D eigenvalue weighted by Gasteiger charge is -2.23. The first-order chi connectivity index (χ1) is 10.8. The van der Waals surface area contributed by atoms with Gasteiger partial charge < -0.3 is 15.4 Å². The SMILES string of the molecule is CCCCC(CNC(=O)OC(C)(C)C)NCc1cccc(F)c1. The number of alkyl carbamates (subject to hydrolysis) is 1. The highest BCUT2D eigenvalue weighted by Gasteiger charge is 2.17. The lowest BCUT2D eigenvalue weighted by molar-refractivity contribution is 0.0521. The first-order valence-electron chi connectivity index (χ1n) is 8.25. The molecule has 5 heteroatoms. The number of halogens is 1. The minimum atomic E-state index is -0.502. The third kappa shape index (κ3) is 9.18. The van der Waals surface area contributed by atoms with Crippen LogP contribution < -0.4 is 10.6 Å². The molecule has 1 atom stereocenters. The maximum atomic E-state index is 13.2. The normalized spacial score (nSPS) is 12.7. The van der Waals surface area contributed by atoms with E-state index in [4.69, 9.17) is 4.74 Å². The summed E-state index contributed by atoms with van der Waals surface area (Å²) in [5.74, 6) is -0.235. The van der Waals surface area contributed by atoms with Crippen LogP contribution in [0.4, 0.5) is 9.18 Å². The first kappa shape index (κ1) is 19.4. The summed E-state index contributed by atoms with van der Waals surface area (Å²) in [6.07, 6.45) is 2.69. The molecule has 1 aromatic rings. The number of hydrogen-bond donors (Lipinski definition) is 2. The highest BCUT2D eigenvalue weighted by molar-refractivity contribution is 5.67. The Morgan fingerprint density at radius 3 is 2.70 bits per heavy atom. The van der Waals surface area contributed by atoms with Crippen LogP contribution >= 0.6 is 0 Å². The van der Waals surface area contributed by atoms with Gasteiger partial charge in [-0.3, -0.25) is 0 Å². The molecule has 23 heavy (non-hydrogen) atoms. The number of amides is 1. The molecule has 0 aliphatic carbocycles. The summed E-state index contributed by atoms with van der Waals surface area (Å²) < 4.78 is 18.4. The maximum Gasteiger partial charge on any atom is 0.407 e. The largest absolute Gasteiger partial charge is 0.444 e. The van der Waals surface area contributed by atoms with Gasteiger partial charge in [0.05, 0.1) is 0 Å². The smallest absolute Gasteiger partial charge is 0.407 e. The van der Waals surface area contributed by atoms with Crippen molar-refractivity contribution in [2.24, 2.45) is 0 Å². The first-order valence-corrected chi connectivity index (χ1v) is 8.25. The molecule has 0 fully saturated rings. The average Bonchev–Trinajstić information content (AvgIpc) is 2.44. The fraction of sp³-hybridized carbons (Fsp3) is 0.611. The van der Waals surface area contributed by atoms with E-state index in [1.807, 2.05) is 26.8 Å². The van der Waals surface area contributed by atoms with E-state index in [9.17, 15) is 9.18 Å². The zero-order chi connectivity index (χ0) is 17.3.